The minimum Gasteiger partial charge on any atom is -0.508 e. The van der Waals surface area contributed by atoms with E-state index < -0.39 is 139 Å². The van der Waals surface area contributed by atoms with Crippen LogP contribution in [0.3, 0.4) is 0 Å². The molecule has 0 bridgehead atoms. The van der Waals surface area contributed by atoms with E-state index in [1.807, 2.05) is 0 Å². The number of hydrogen-bond donors (Lipinski definition) is 17. The number of aromatic hydroxyl groups is 1. The number of likely N-dealkylation sites (tertiary alicyclic amines) is 1. The van der Waals surface area contributed by atoms with E-state index in [0.29, 0.717) is 33.6 Å². The summed E-state index contributed by atoms with van der Waals surface area (Å²) in [7, 11) is 1.47. The van der Waals surface area contributed by atoms with Gasteiger partial charge in [-0.2, -0.15) is 0 Å². The van der Waals surface area contributed by atoms with Gasteiger partial charge >= 0.3 is 0 Å². The first-order valence-corrected chi connectivity index (χ1v) is 31.9. The third kappa shape index (κ3) is 24.7. The van der Waals surface area contributed by atoms with Crippen LogP contribution in [0.25, 0.3) is 0 Å². The fourth-order valence-corrected chi connectivity index (χ4v) is 10.8. The fourth-order valence-electron chi connectivity index (χ4n) is 10.8. The van der Waals surface area contributed by atoms with Gasteiger partial charge in [0.05, 0.1) is 13.5 Å². The molecule has 31 nitrogen and oxygen atoms in total. The summed E-state index contributed by atoms with van der Waals surface area (Å²) < 4.78 is 5.31. The van der Waals surface area contributed by atoms with Crippen LogP contribution in [0, 0.1) is 10.8 Å². The van der Waals surface area contributed by atoms with Crippen LogP contribution in [-0.4, -0.2) is 168 Å². The number of methoxy groups -OCH3 is 1. The highest BCUT2D eigenvalue weighted by Crippen LogP contribution is 2.22. The number of primary amides is 3. The number of benzene rings is 5. The summed E-state index contributed by atoms with van der Waals surface area (Å²) in [5, 5.41) is 48.4. The molecular formula is C68H85N17O14. The van der Waals surface area contributed by atoms with Crippen molar-refractivity contribution in [1.82, 2.24) is 52.8 Å². The molecule has 11 amide bonds. The molecule has 0 radical (unpaired) electrons. The van der Waals surface area contributed by atoms with E-state index in [9.17, 15) is 62.6 Å². The maximum Gasteiger partial charge on any atom is 0.251 e. The standard InChI is InChI=1S/C68H85N17O14/c1-99-46-28-20-41(21-29-46)37-51(82-59(91)44-24-22-43(23-25-44)57(89)42-13-6-3-7-14-42)63(95)83-52(36-39-11-4-2-5-12-39)62(94)78-48(30-31-55(69)87)61(93)84-53(38-56(70)88)64(96)80-49(16-9-33-77-68(74)75)66(98)85-34-10-17-54(85)65(97)79-47(15-8-32-76-67(72)73)60(92)81-50(58(71)90)35-40-18-26-45(86)27-19-40/h2-7,11-14,18-29,47-54,86H,8-10,15-17,30-38H2,1H3,(H2,69,87)(H2,70,88)(H2,71,90)(H,78,94)(H,79,97)(H,80,96)(H,81,92)(H,82,91)(H,83,95)(H,84,93)(H4,72,73,76)(H4,74,75,77)/t47-,48-,49-,50-,51+,52-,53-,54-/m0/s1. The van der Waals surface area contributed by atoms with Crippen molar-refractivity contribution in [2.75, 3.05) is 26.7 Å². The van der Waals surface area contributed by atoms with Crippen LogP contribution >= 0.6 is 0 Å². The molecule has 0 spiro atoms. The molecule has 1 saturated heterocycles. The zero-order chi connectivity index (χ0) is 72.1. The molecule has 1 fully saturated rings. The molecule has 5 aromatic rings. The zero-order valence-corrected chi connectivity index (χ0v) is 54.5. The maximum atomic E-state index is 14.8. The van der Waals surface area contributed by atoms with E-state index in [0.717, 1.165) is 0 Å². The van der Waals surface area contributed by atoms with E-state index in [1.165, 1.54) is 60.5 Å². The van der Waals surface area contributed by atoms with Crippen molar-refractivity contribution >= 4 is 82.7 Å². The summed E-state index contributed by atoms with van der Waals surface area (Å²) in [5.74, 6) is -10.8. The van der Waals surface area contributed by atoms with Gasteiger partial charge in [-0.1, -0.05) is 97.1 Å². The molecule has 0 aliphatic carbocycles. The first-order chi connectivity index (χ1) is 47.3. The average Bonchev–Trinajstić information content (AvgIpc) is 1.75. The molecule has 6 rings (SSSR count). The second kappa shape index (κ2) is 38.0. The van der Waals surface area contributed by atoms with Gasteiger partial charge in [0.15, 0.2) is 17.7 Å². The number of guanidine groups is 2. The van der Waals surface area contributed by atoms with Gasteiger partial charge in [-0.25, -0.2) is 0 Å². The van der Waals surface area contributed by atoms with Crippen molar-refractivity contribution in [3.05, 3.63) is 167 Å². The van der Waals surface area contributed by atoms with Crippen LogP contribution in [0.15, 0.2) is 133 Å². The molecule has 1 aliphatic heterocycles. The number of ether oxygens (including phenoxy) is 1. The molecule has 1 aliphatic rings. The highest BCUT2D eigenvalue weighted by atomic mass is 16.5. The van der Waals surface area contributed by atoms with Crippen molar-refractivity contribution in [2.24, 2.45) is 28.7 Å². The summed E-state index contributed by atoms with van der Waals surface area (Å²) in [6, 6.07) is 23.2. The van der Waals surface area contributed by atoms with Crippen LogP contribution in [0.5, 0.6) is 11.5 Å². The average molecular weight is 1360 g/mol. The van der Waals surface area contributed by atoms with Gasteiger partial charge in [0.2, 0.25) is 59.1 Å². The van der Waals surface area contributed by atoms with Crippen LogP contribution in [0.2, 0.25) is 0 Å². The number of carbonyl (C=O) groups excluding carboxylic acids is 12. The maximum absolute atomic E-state index is 14.8. The van der Waals surface area contributed by atoms with Crippen molar-refractivity contribution in [1.29, 1.82) is 10.8 Å². The number of amides is 11. The minimum atomic E-state index is -1.89. The van der Waals surface area contributed by atoms with Gasteiger partial charge in [-0.15, -0.1) is 0 Å². The number of nitrogens with two attached hydrogens (primary N) is 5. The number of nitrogens with one attached hydrogen (secondary N) is 11. The minimum absolute atomic E-state index is 0.00788. The monoisotopic (exact) mass is 1360 g/mol. The molecular weight excluding hydrogens is 1280 g/mol. The number of ketones is 1. The molecule has 31 heteroatoms. The van der Waals surface area contributed by atoms with Gasteiger partial charge < -0.3 is 91.3 Å². The van der Waals surface area contributed by atoms with Gasteiger partial charge in [-0.3, -0.25) is 68.4 Å². The van der Waals surface area contributed by atoms with Crippen molar-refractivity contribution in [2.45, 2.75) is 125 Å². The normalized spacial score (nSPS) is 14.5. The molecule has 0 saturated carbocycles. The van der Waals surface area contributed by atoms with Gasteiger partial charge in [-0.05, 0) is 98.0 Å². The Labute approximate surface area is 570 Å². The van der Waals surface area contributed by atoms with E-state index in [2.05, 4.69) is 47.9 Å². The van der Waals surface area contributed by atoms with E-state index in [-0.39, 0.29) is 100 Å². The SMILES string of the molecule is COc1ccc(C[C@@H](NC(=O)c2ccc(C(=O)c3ccccc3)cc2)C(=O)N[C@@H](Cc2ccccc2)C(=O)N[C@@H](CCC(N)=O)C(=O)N[C@@H](CC(N)=O)C(=O)N[C@@H](CCCNC(=N)N)C(=O)N2CCC[C@H]2C(=O)N[C@@H](CCCNC(=N)N)C(=O)N[C@@H](Cc2ccc(O)cc2)C(N)=O)cc1. The molecule has 0 unspecified atom stereocenters. The molecule has 526 valence electrons. The molecule has 8 atom stereocenters. The van der Waals surface area contributed by atoms with Crippen molar-refractivity contribution in [3.8, 4) is 11.5 Å². The lowest BCUT2D eigenvalue weighted by molar-refractivity contribution is -0.143. The number of rotatable bonds is 38. The number of phenols is 1. The Morgan fingerprint density at radius 1 is 0.495 bits per heavy atom. The second-order valence-corrected chi connectivity index (χ2v) is 23.5. The van der Waals surface area contributed by atoms with Crippen LogP contribution in [0.4, 0.5) is 0 Å². The molecule has 22 N–H and O–H groups in total. The predicted molar refractivity (Wildman–Crippen MR) is 362 cm³/mol. The predicted octanol–water partition coefficient (Wildman–Crippen LogP) is -1.49. The summed E-state index contributed by atoms with van der Waals surface area (Å²) in [6.07, 6.45) is -2.04. The summed E-state index contributed by atoms with van der Waals surface area (Å²) in [6.45, 7) is 0.0713. The fraction of sp³-hybridized carbons (Fsp3) is 0.353. The zero-order valence-electron chi connectivity index (χ0n) is 54.5. The lowest BCUT2D eigenvalue weighted by atomic mass is 10.0. The summed E-state index contributed by atoms with van der Waals surface area (Å²) in [5.41, 5.74) is 30.3. The Balaban J connectivity index is 1.23. The van der Waals surface area contributed by atoms with Crippen molar-refractivity contribution in [3.63, 3.8) is 0 Å². The Hall–Kier alpha value is -11.9. The lowest BCUT2D eigenvalue weighted by Crippen LogP contribution is -2.61. The first kappa shape index (κ1) is 76.1. The van der Waals surface area contributed by atoms with E-state index in [4.69, 9.17) is 44.2 Å². The van der Waals surface area contributed by atoms with Gasteiger partial charge in [0, 0.05) is 62.0 Å². The van der Waals surface area contributed by atoms with Crippen LogP contribution in [0.1, 0.15) is 101 Å². The Bertz CT molecular complexity index is 3680. The van der Waals surface area contributed by atoms with Crippen LogP contribution < -0.4 is 81.3 Å². The number of phenolic OH excluding ortho intramolecular Hbond substituents is 1. The Morgan fingerprint density at radius 2 is 0.939 bits per heavy atom. The third-order valence-electron chi connectivity index (χ3n) is 16.0. The smallest absolute Gasteiger partial charge is 0.251 e. The molecule has 5 aromatic carbocycles. The van der Waals surface area contributed by atoms with Crippen molar-refractivity contribution < 1.29 is 67.4 Å². The molecule has 99 heavy (non-hydrogen) atoms. The highest BCUT2D eigenvalue weighted by Gasteiger charge is 2.41. The molecule has 1 heterocycles. The third-order valence-corrected chi connectivity index (χ3v) is 16.0. The van der Waals surface area contributed by atoms with E-state index >= 15 is 0 Å². The van der Waals surface area contributed by atoms with Gasteiger partial charge in [0.1, 0.15) is 59.8 Å². The lowest BCUT2D eigenvalue weighted by Gasteiger charge is -2.31. The number of carbonyl (C=O) groups is 12. The summed E-state index contributed by atoms with van der Waals surface area (Å²) >= 11 is 0. The largest absolute Gasteiger partial charge is 0.508 e. The molecule has 0 aromatic heterocycles. The number of hydrogen-bond acceptors (Lipinski definition) is 16. The van der Waals surface area contributed by atoms with Gasteiger partial charge in [0.25, 0.3) is 5.91 Å². The van der Waals surface area contributed by atoms with E-state index in [1.54, 1.807) is 84.9 Å². The summed E-state index contributed by atoms with van der Waals surface area (Å²) in [4.78, 5) is 168. The van der Waals surface area contributed by atoms with Crippen LogP contribution in [-0.2, 0) is 67.2 Å². The number of nitrogens with zero attached hydrogens (tertiary/aromatic N) is 1. The Morgan fingerprint density at radius 3 is 1.48 bits per heavy atom. The first-order valence-electron chi connectivity index (χ1n) is 31.9. The Kier molecular flexibility index (Phi) is 29.2. The second-order valence-electron chi connectivity index (χ2n) is 23.5. The quantitative estimate of drug-likeness (QED) is 0.00926. The topological polar surface area (TPSA) is 524 Å². The highest BCUT2D eigenvalue weighted by molar-refractivity contribution is 6.09.